The minimum absolute atomic E-state index is 0.00957. The van der Waals surface area contributed by atoms with Gasteiger partial charge in [-0.15, -0.1) is 5.10 Å². The number of rotatable bonds is 4. The summed E-state index contributed by atoms with van der Waals surface area (Å²) in [4.78, 5) is 11.9. The van der Waals surface area contributed by atoms with Crippen LogP contribution >= 0.6 is 0 Å². The number of aromatic nitrogens is 3. The maximum atomic E-state index is 13.7. The maximum Gasteiger partial charge on any atom is 0.249 e. The smallest absolute Gasteiger partial charge is 0.249 e. The van der Waals surface area contributed by atoms with E-state index in [0.717, 1.165) is 17.7 Å². The molecule has 6 unspecified atom stereocenters. The minimum atomic E-state index is -1.61. The lowest BCUT2D eigenvalue weighted by molar-refractivity contribution is -0.312. The predicted octanol–water partition coefficient (Wildman–Crippen LogP) is 1.63. The standard InChI is InChI=1S/C22H19F3N4O5/c23-12-6-11(7-13(24)16(12)25)14-8-29(28-27-14)17-18(30)20(21(26)31)33-15-9-32-22(34-19(15)17)10-4-2-1-3-5-10/h1-8,15,17-20,22,30H,9H2,(H2,26,31). The summed E-state index contributed by atoms with van der Waals surface area (Å²) in [5, 5.41) is 18.8. The van der Waals surface area contributed by atoms with Crippen LogP contribution in [0.5, 0.6) is 0 Å². The summed E-state index contributed by atoms with van der Waals surface area (Å²) >= 11 is 0. The van der Waals surface area contributed by atoms with Gasteiger partial charge in [0.05, 0.1) is 12.8 Å². The molecule has 0 spiro atoms. The number of fused-ring (bicyclic) bond motifs is 1. The van der Waals surface area contributed by atoms with Gasteiger partial charge in [-0.25, -0.2) is 17.9 Å². The van der Waals surface area contributed by atoms with Crippen LogP contribution in [0.2, 0.25) is 0 Å². The van der Waals surface area contributed by atoms with Crippen molar-refractivity contribution in [2.24, 2.45) is 5.73 Å². The van der Waals surface area contributed by atoms with E-state index in [1.54, 1.807) is 12.1 Å². The molecular weight excluding hydrogens is 457 g/mol. The first-order valence-electron chi connectivity index (χ1n) is 10.3. The first-order chi connectivity index (χ1) is 16.3. The highest BCUT2D eigenvalue weighted by molar-refractivity contribution is 5.79. The molecule has 2 fully saturated rings. The average molecular weight is 476 g/mol. The Hall–Kier alpha value is -3.32. The van der Waals surface area contributed by atoms with Crippen molar-refractivity contribution in [3.8, 4) is 11.3 Å². The average Bonchev–Trinajstić information content (AvgIpc) is 3.31. The van der Waals surface area contributed by atoms with Crippen LogP contribution in [0.4, 0.5) is 13.2 Å². The lowest BCUT2D eigenvalue weighted by Gasteiger charge is -2.47. The molecule has 2 aliphatic heterocycles. The second kappa shape index (κ2) is 8.80. The predicted molar refractivity (Wildman–Crippen MR) is 108 cm³/mol. The van der Waals surface area contributed by atoms with Crippen LogP contribution in [0.25, 0.3) is 11.3 Å². The first-order valence-corrected chi connectivity index (χ1v) is 10.3. The molecule has 34 heavy (non-hydrogen) atoms. The summed E-state index contributed by atoms with van der Waals surface area (Å²) in [7, 11) is 0. The lowest BCUT2D eigenvalue weighted by Crippen LogP contribution is -2.62. The molecule has 3 N–H and O–H groups in total. The maximum absolute atomic E-state index is 13.7. The van der Waals surface area contributed by atoms with Crippen LogP contribution in [0.3, 0.4) is 0 Å². The quantitative estimate of drug-likeness (QED) is 0.549. The number of hydrogen-bond donors (Lipinski definition) is 2. The number of nitrogens with two attached hydrogens (primary N) is 1. The zero-order valence-corrected chi connectivity index (χ0v) is 17.4. The third-order valence-electron chi connectivity index (χ3n) is 5.82. The molecule has 1 aromatic heterocycles. The molecule has 0 aliphatic carbocycles. The molecule has 2 aliphatic rings. The van der Waals surface area contributed by atoms with Crippen LogP contribution in [0, 0.1) is 17.5 Å². The minimum Gasteiger partial charge on any atom is -0.387 e. The van der Waals surface area contributed by atoms with Gasteiger partial charge >= 0.3 is 0 Å². The van der Waals surface area contributed by atoms with E-state index in [2.05, 4.69) is 10.3 Å². The van der Waals surface area contributed by atoms with Gasteiger partial charge in [0.1, 0.15) is 30.0 Å². The molecule has 2 aromatic carbocycles. The SMILES string of the molecule is NC(=O)C1OC2COC(c3ccccc3)OC2C(n2cc(-c3cc(F)c(F)c(F)c3)nn2)C1O. The van der Waals surface area contributed by atoms with E-state index in [1.165, 1.54) is 10.9 Å². The van der Waals surface area contributed by atoms with Gasteiger partial charge in [-0.2, -0.15) is 0 Å². The Balaban J connectivity index is 1.50. The van der Waals surface area contributed by atoms with Crippen LogP contribution < -0.4 is 5.73 Å². The highest BCUT2D eigenvalue weighted by atomic mass is 19.2. The van der Waals surface area contributed by atoms with Gasteiger partial charge in [0.15, 0.2) is 29.8 Å². The number of benzene rings is 2. The van der Waals surface area contributed by atoms with E-state index < -0.39 is 60.1 Å². The lowest BCUT2D eigenvalue weighted by atomic mass is 9.91. The van der Waals surface area contributed by atoms with Gasteiger partial charge < -0.3 is 25.1 Å². The van der Waals surface area contributed by atoms with E-state index in [4.69, 9.17) is 19.9 Å². The van der Waals surface area contributed by atoms with Crippen LogP contribution in [0.15, 0.2) is 48.7 Å². The number of halogens is 3. The normalized spacial score (nSPS) is 28.9. The van der Waals surface area contributed by atoms with Crippen molar-refractivity contribution < 1.29 is 37.3 Å². The Bertz CT molecular complexity index is 1190. The van der Waals surface area contributed by atoms with Crippen LogP contribution in [0.1, 0.15) is 17.9 Å². The number of aliphatic hydroxyl groups is 1. The fraction of sp³-hybridized carbons (Fsp3) is 0.318. The third-order valence-corrected chi connectivity index (χ3v) is 5.82. The number of aliphatic hydroxyl groups excluding tert-OH is 1. The van der Waals surface area contributed by atoms with E-state index in [1.807, 2.05) is 18.2 Å². The van der Waals surface area contributed by atoms with E-state index in [0.29, 0.717) is 0 Å². The van der Waals surface area contributed by atoms with Crippen LogP contribution in [-0.2, 0) is 19.0 Å². The summed E-state index contributed by atoms with van der Waals surface area (Å²) < 4.78 is 59.5. The molecule has 6 atom stereocenters. The molecule has 9 nitrogen and oxygen atoms in total. The molecule has 12 heteroatoms. The highest BCUT2D eigenvalue weighted by Gasteiger charge is 2.52. The van der Waals surface area contributed by atoms with Crippen molar-refractivity contribution in [2.75, 3.05) is 6.61 Å². The Morgan fingerprint density at radius 2 is 1.82 bits per heavy atom. The molecular formula is C22H19F3N4O5. The van der Waals surface area contributed by atoms with E-state index in [9.17, 15) is 23.1 Å². The van der Waals surface area contributed by atoms with Crippen molar-refractivity contribution >= 4 is 5.91 Å². The summed E-state index contributed by atoms with van der Waals surface area (Å²) in [5.41, 5.74) is 6.08. The number of ether oxygens (including phenoxy) is 3. The van der Waals surface area contributed by atoms with E-state index >= 15 is 0 Å². The number of carbonyl (C=O) groups is 1. The van der Waals surface area contributed by atoms with Crippen LogP contribution in [-0.4, -0.2) is 57.0 Å². The number of amides is 1. The summed E-state index contributed by atoms with van der Waals surface area (Å²) in [5.74, 6) is -5.28. The molecule has 3 heterocycles. The molecule has 178 valence electrons. The van der Waals surface area contributed by atoms with Crippen molar-refractivity contribution in [2.45, 2.75) is 36.7 Å². The van der Waals surface area contributed by atoms with Gasteiger partial charge in [0.2, 0.25) is 5.91 Å². The molecule has 0 bridgehead atoms. The Labute approximate surface area is 190 Å². The zero-order valence-electron chi connectivity index (χ0n) is 17.4. The number of hydrogen-bond acceptors (Lipinski definition) is 7. The highest BCUT2D eigenvalue weighted by Crippen LogP contribution is 2.39. The molecule has 5 rings (SSSR count). The Morgan fingerprint density at radius 3 is 2.50 bits per heavy atom. The monoisotopic (exact) mass is 476 g/mol. The zero-order chi connectivity index (χ0) is 24.0. The Kier molecular flexibility index (Phi) is 5.81. The topological polar surface area (TPSA) is 122 Å². The fourth-order valence-corrected chi connectivity index (χ4v) is 4.19. The second-order valence-electron chi connectivity index (χ2n) is 7.99. The number of carbonyl (C=O) groups excluding carboxylic acids is 1. The van der Waals surface area contributed by atoms with Gasteiger partial charge in [-0.05, 0) is 12.1 Å². The summed E-state index contributed by atoms with van der Waals surface area (Å²) in [6, 6.07) is 9.60. The Morgan fingerprint density at radius 1 is 1.12 bits per heavy atom. The van der Waals surface area contributed by atoms with Gasteiger partial charge in [0, 0.05) is 11.1 Å². The van der Waals surface area contributed by atoms with Crippen molar-refractivity contribution in [1.29, 1.82) is 0 Å². The summed E-state index contributed by atoms with van der Waals surface area (Å²) in [6.07, 6.45) is -3.98. The molecule has 1 amide bonds. The van der Waals surface area contributed by atoms with Crippen molar-refractivity contribution in [3.63, 3.8) is 0 Å². The third kappa shape index (κ3) is 3.94. The number of nitrogens with zero attached hydrogens (tertiary/aromatic N) is 3. The van der Waals surface area contributed by atoms with Crippen molar-refractivity contribution in [1.82, 2.24) is 15.0 Å². The number of primary amides is 1. The van der Waals surface area contributed by atoms with Gasteiger partial charge in [-0.3, -0.25) is 4.79 Å². The second-order valence-corrected chi connectivity index (χ2v) is 7.99. The first kappa shape index (κ1) is 22.5. The van der Waals surface area contributed by atoms with Crippen molar-refractivity contribution in [3.05, 3.63) is 71.7 Å². The molecule has 3 aromatic rings. The molecule has 0 saturated carbocycles. The van der Waals surface area contributed by atoms with E-state index in [-0.39, 0.29) is 17.9 Å². The summed E-state index contributed by atoms with van der Waals surface area (Å²) in [6.45, 7) is 0.0349. The molecule has 0 radical (unpaired) electrons. The van der Waals surface area contributed by atoms with Gasteiger partial charge in [-0.1, -0.05) is 35.5 Å². The largest absolute Gasteiger partial charge is 0.387 e. The molecule has 2 saturated heterocycles. The van der Waals surface area contributed by atoms with Gasteiger partial charge in [0.25, 0.3) is 0 Å². The fourth-order valence-electron chi connectivity index (χ4n) is 4.19.